The molecule has 3 fully saturated rings. The van der Waals surface area contributed by atoms with Crippen molar-refractivity contribution in [2.75, 3.05) is 36.8 Å². The van der Waals surface area contributed by atoms with Crippen LogP contribution >= 0.6 is 11.8 Å². The van der Waals surface area contributed by atoms with Crippen molar-refractivity contribution in [3.05, 3.63) is 29.8 Å². The summed E-state index contributed by atoms with van der Waals surface area (Å²) in [7, 11) is 0. The predicted molar refractivity (Wildman–Crippen MR) is 148 cm³/mol. The van der Waals surface area contributed by atoms with Crippen molar-refractivity contribution in [1.29, 1.82) is 0 Å². The van der Waals surface area contributed by atoms with Crippen LogP contribution in [0.2, 0.25) is 0 Å². The minimum atomic E-state index is -4.28. The van der Waals surface area contributed by atoms with Gasteiger partial charge in [-0.15, -0.1) is 16.9 Å². The summed E-state index contributed by atoms with van der Waals surface area (Å²) in [6, 6.07) is 6.08. The molecule has 3 aliphatic rings. The molecule has 8 heteroatoms. The lowest BCUT2D eigenvalue weighted by Crippen LogP contribution is -2.35. The van der Waals surface area contributed by atoms with Crippen LogP contribution in [0.1, 0.15) is 78.2 Å². The van der Waals surface area contributed by atoms with E-state index in [1.807, 2.05) is 20.8 Å². The first-order valence-electron chi connectivity index (χ1n) is 13.7. The molecule has 0 bridgehead atoms. The second-order valence-corrected chi connectivity index (χ2v) is 11.3. The zero-order valence-corrected chi connectivity index (χ0v) is 23.2. The minimum absolute atomic E-state index is 0.407. The highest BCUT2D eigenvalue weighted by Gasteiger charge is 2.41. The highest BCUT2D eigenvalue weighted by molar-refractivity contribution is 8.13. The fourth-order valence-electron chi connectivity index (χ4n) is 5.68. The number of alkyl halides is 3. The molecule has 0 amide bonds. The topological polar surface area (TPSA) is 31.2 Å². The maximum atomic E-state index is 12.9. The SMILES string of the molecule is C/C(=N\N=C(/C)C1CCCCC1)SCCCN1CC2CCN(c3ccc(C(F)(F)F)cc3)C2C1.CC. The molecule has 1 saturated carbocycles. The molecule has 2 heterocycles. The first kappa shape index (κ1) is 29.0. The van der Waals surface area contributed by atoms with E-state index in [4.69, 9.17) is 0 Å². The zero-order valence-electron chi connectivity index (χ0n) is 22.4. The Bertz CT molecular complexity index is 863. The van der Waals surface area contributed by atoms with E-state index >= 15 is 0 Å². The van der Waals surface area contributed by atoms with Crippen molar-refractivity contribution in [2.45, 2.75) is 84.9 Å². The van der Waals surface area contributed by atoms with Crippen molar-refractivity contribution in [1.82, 2.24) is 4.90 Å². The fourth-order valence-corrected chi connectivity index (χ4v) is 6.35. The number of hydrogen-bond acceptors (Lipinski definition) is 5. The number of halogens is 3. The molecule has 0 radical (unpaired) electrons. The number of nitrogens with zero attached hydrogens (tertiary/aromatic N) is 4. The number of benzene rings is 1. The Balaban J connectivity index is 0.00000176. The van der Waals surface area contributed by atoms with Gasteiger partial charge in [-0.3, -0.25) is 0 Å². The third-order valence-electron chi connectivity index (χ3n) is 7.62. The Morgan fingerprint density at radius 3 is 2.33 bits per heavy atom. The van der Waals surface area contributed by atoms with Crippen molar-refractivity contribution in [2.24, 2.45) is 22.0 Å². The summed E-state index contributed by atoms with van der Waals surface area (Å²) in [5, 5.41) is 9.99. The van der Waals surface area contributed by atoms with E-state index in [1.54, 1.807) is 23.9 Å². The van der Waals surface area contributed by atoms with Crippen LogP contribution in [0.25, 0.3) is 0 Å². The number of rotatable bonds is 7. The summed E-state index contributed by atoms with van der Waals surface area (Å²) in [5.74, 6) is 2.25. The van der Waals surface area contributed by atoms with Gasteiger partial charge in [-0.2, -0.15) is 18.3 Å². The van der Waals surface area contributed by atoms with Crippen LogP contribution in [0.3, 0.4) is 0 Å². The van der Waals surface area contributed by atoms with Gasteiger partial charge in [-0.25, -0.2) is 0 Å². The average Bonchev–Trinajstić information content (AvgIpc) is 3.47. The van der Waals surface area contributed by atoms with Crippen molar-refractivity contribution < 1.29 is 13.2 Å². The van der Waals surface area contributed by atoms with Gasteiger partial charge in [0.05, 0.1) is 10.6 Å². The predicted octanol–water partition coefficient (Wildman–Crippen LogP) is 7.74. The van der Waals surface area contributed by atoms with E-state index in [0.29, 0.717) is 17.9 Å². The largest absolute Gasteiger partial charge is 0.416 e. The highest BCUT2D eigenvalue weighted by Crippen LogP contribution is 2.37. The smallest absolute Gasteiger partial charge is 0.367 e. The Morgan fingerprint density at radius 1 is 0.972 bits per heavy atom. The summed E-state index contributed by atoms with van der Waals surface area (Å²) in [6.45, 7) is 12.2. The van der Waals surface area contributed by atoms with Gasteiger partial charge >= 0.3 is 6.18 Å². The Morgan fingerprint density at radius 2 is 1.67 bits per heavy atom. The van der Waals surface area contributed by atoms with E-state index in [-0.39, 0.29) is 0 Å². The lowest BCUT2D eigenvalue weighted by Gasteiger charge is -2.27. The Labute approximate surface area is 219 Å². The molecule has 2 saturated heterocycles. The van der Waals surface area contributed by atoms with Crippen LogP contribution < -0.4 is 4.90 Å². The molecule has 1 aliphatic carbocycles. The van der Waals surface area contributed by atoms with E-state index in [0.717, 1.165) is 55.5 Å². The first-order chi connectivity index (χ1) is 17.3. The van der Waals surface area contributed by atoms with Crippen LogP contribution in [-0.2, 0) is 6.18 Å². The van der Waals surface area contributed by atoms with Crippen LogP contribution in [0.4, 0.5) is 18.9 Å². The van der Waals surface area contributed by atoms with Gasteiger partial charge in [0.25, 0.3) is 0 Å². The number of hydrogen-bond donors (Lipinski definition) is 0. The van der Waals surface area contributed by atoms with Crippen molar-refractivity contribution in [3.63, 3.8) is 0 Å². The summed E-state index contributed by atoms with van der Waals surface area (Å²) in [4.78, 5) is 4.83. The molecule has 4 nitrogen and oxygen atoms in total. The number of anilines is 1. The number of likely N-dealkylation sites (tertiary alicyclic amines) is 1. The lowest BCUT2D eigenvalue weighted by atomic mass is 9.86. The Kier molecular flexibility index (Phi) is 11.2. The minimum Gasteiger partial charge on any atom is -0.367 e. The van der Waals surface area contributed by atoms with Gasteiger partial charge in [0.2, 0.25) is 0 Å². The molecular weight excluding hydrogens is 481 g/mol. The second-order valence-electron chi connectivity index (χ2n) is 10.0. The summed E-state index contributed by atoms with van der Waals surface area (Å²) in [5.41, 5.74) is 1.51. The van der Waals surface area contributed by atoms with E-state index in [2.05, 4.69) is 26.9 Å². The lowest BCUT2D eigenvalue weighted by molar-refractivity contribution is -0.137. The normalized spacial score (nSPS) is 24.0. The zero-order chi connectivity index (χ0) is 26.1. The molecule has 2 aliphatic heterocycles. The quantitative estimate of drug-likeness (QED) is 0.158. The van der Waals surface area contributed by atoms with E-state index < -0.39 is 11.7 Å². The van der Waals surface area contributed by atoms with Gasteiger partial charge in [-0.05, 0) is 82.2 Å². The van der Waals surface area contributed by atoms with Crippen LogP contribution in [0.15, 0.2) is 34.5 Å². The first-order valence-corrected chi connectivity index (χ1v) is 14.7. The Hall–Kier alpha value is -1.54. The van der Waals surface area contributed by atoms with Crippen LogP contribution in [0.5, 0.6) is 0 Å². The van der Waals surface area contributed by atoms with Crippen LogP contribution in [0, 0.1) is 11.8 Å². The number of fused-ring (bicyclic) bond motifs is 1. The molecule has 2 unspecified atom stereocenters. The molecule has 1 aromatic carbocycles. The van der Waals surface area contributed by atoms with E-state index in [1.165, 1.54) is 49.9 Å². The average molecular weight is 525 g/mol. The fraction of sp³-hybridized carbons (Fsp3) is 0.714. The summed E-state index contributed by atoms with van der Waals surface area (Å²) in [6.07, 6.45) is 4.43. The molecule has 0 aromatic heterocycles. The van der Waals surface area contributed by atoms with Gasteiger partial charge in [0.1, 0.15) is 0 Å². The van der Waals surface area contributed by atoms with Gasteiger partial charge in [-0.1, -0.05) is 33.1 Å². The summed E-state index contributed by atoms with van der Waals surface area (Å²) >= 11 is 1.78. The maximum Gasteiger partial charge on any atom is 0.416 e. The molecule has 1 aromatic rings. The van der Waals surface area contributed by atoms with Crippen molar-refractivity contribution in [3.8, 4) is 0 Å². The molecule has 0 N–H and O–H groups in total. The third-order valence-corrected chi connectivity index (χ3v) is 8.62. The van der Waals surface area contributed by atoms with Crippen molar-refractivity contribution >= 4 is 28.2 Å². The summed E-state index contributed by atoms with van der Waals surface area (Å²) < 4.78 is 38.6. The monoisotopic (exact) mass is 524 g/mol. The standard InChI is InChI=1S/C26H37F3N4S.C2H6/c1-19(21-7-4-3-5-8-21)30-31-20(2)34-16-6-14-32-17-22-13-15-33(25(22)18-32)24-11-9-23(10-12-24)26(27,28)29;1-2/h9-12,21-22,25H,3-8,13-18H2,1-2H3;1-2H3/b30-19+,31-20+;. The molecular formula is C28H43F3N4S. The number of thioether (sulfide) groups is 1. The second kappa shape index (κ2) is 13.8. The molecule has 0 spiro atoms. The van der Waals surface area contributed by atoms with Gasteiger partial charge in [0.15, 0.2) is 0 Å². The van der Waals surface area contributed by atoms with Gasteiger partial charge in [0, 0.05) is 42.8 Å². The highest BCUT2D eigenvalue weighted by atomic mass is 32.2. The van der Waals surface area contributed by atoms with Gasteiger partial charge < -0.3 is 9.80 Å². The molecule has 36 heavy (non-hydrogen) atoms. The molecule has 4 rings (SSSR count). The third kappa shape index (κ3) is 7.98. The molecule has 2 atom stereocenters. The van der Waals surface area contributed by atoms with E-state index in [9.17, 15) is 13.2 Å². The van der Waals surface area contributed by atoms with Crippen LogP contribution in [-0.4, -0.2) is 53.6 Å². The molecule has 202 valence electrons. The maximum absolute atomic E-state index is 12.9.